The van der Waals surface area contributed by atoms with Crippen molar-refractivity contribution in [3.63, 3.8) is 0 Å². The lowest BCUT2D eigenvalue weighted by Crippen LogP contribution is -2.32. The van der Waals surface area contributed by atoms with Crippen LogP contribution in [0.15, 0.2) is 18.3 Å². The minimum atomic E-state index is -0.537. The Kier molecular flexibility index (Phi) is 2.55. The molecule has 4 nitrogen and oxygen atoms in total. The number of amides is 1. The molecular weight excluding hydrogens is 221 g/mol. The van der Waals surface area contributed by atoms with Crippen LogP contribution in [0.2, 0.25) is 0 Å². The molecule has 3 rings (SSSR count). The molecule has 5 heteroatoms. The van der Waals surface area contributed by atoms with Gasteiger partial charge in [-0.25, -0.2) is 4.98 Å². The summed E-state index contributed by atoms with van der Waals surface area (Å²) in [5.41, 5.74) is 0.555. The summed E-state index contributed by atoms with van der Waals surface area (Å²) in [5.74, 6) is -0.485. The van der Waals surface area contributed by atoms with Crippen LogP contribution in [0.5, 0.6) is 0 Å². The first-order chi connectivity index (χ1) is 8.22. The van der Waals surface area contributed by atoms with E-state index in [9.17, 15) is 9.18 Å². The van der Waals surface area contributed by atoms with E-state index in [4.69, 9.17) is 0 Å². The highest BCUT2D eigenvalue weighted by atomic mass is 19.1. The number of nitrogens with zero attached hydrogens (tertiary/aromatic N) is 1. The SMILES string of the molecule is O=C(Nc1ccc(F)nc1)C1CC2CCC1N2. The molecule has 3 atom stereocenters. The van der Waals surface area contributed by atoms with Gasteiger partial charge in [-0.3, -0.25) is 4.79 Å². The van der Waals surface area contributed by atoms with Crippen LogP contribution in [-0.2, 0) is 4.79 Å². The Bertz CT molecular complexity index is 434. The van der Waals surface area contributed by atoms with E-state index in [0.29, 0.717) is 17.8 Å². The minimum Gasteiger partial charge on any atom is -0.324 e. The summed E-state index contributed by atoms with van der Waals surface area (Å²) in [4.78, 5) is 15.5. The number of carbonyl (C=O) groups excluding carboxylic acids is 1. The van der Waals surface area contributed by atoms with E-state index in [1.54, 1.807) is 0 Å². The van der Waals surface area contributed by atoms with Crippen LogP contribution in [0.1, 0.15) is 19.3 Å². The first-order valence-corrected chi connectivity index (χ1v) is 5.91. The maximum absolute atomic E-state index is 12.6. The Labute approximate surface area is 98.6 Å². The third-order valence-electron chi connectivity index (χ3n) is 3.63. The van der Waals surface area contributed by atoms with Crippen molar-refractivity contribution in [2.24, 2.45) is 5.92 Å². The van der Waals surface area contributed by atoms with E-state index in [0.717, 1.165) is 12.8 Å². The number of fused-ring (bicyclic) bond motifs is 2. The molecule has 2 N–H and O–H groups in total. The maximum Gasteiger partial charge on any atom is 0.229 e. The van der Waals surface area contributed by atoms with E-state index < -0.39 is 5.95 Å². The van der Waals surface area contributed by atoms with Crippen molar-refractivity contribution in [3.8, 4) is 0 Å². The normalized spacial score (nSPS) is 30.5. The largest absolute Gasteiger partial charge is 0.324 e. The molecule has 2 fully saturated rings. The number of hydrogen-bond donors (Lipinski definition) is 2. The molecule has 3 heterocycles. The summed E-state index contributed by atoms with van der Waals surface area (Å²) >= 11 is 0. The molecule has 1 aromatic heterocycles. The molecule has 2 saturated heterocycles. The number of anilines is 1. The van der Waals surface area contributed by atoms with E-state index in [-0.39, 0.29) is 11.8 Å². The number of carbonyl (C=O) groups is 1. The monoisotopic (exact) mass is 235 g/mol. The molecule has 0 spiro atoms. The summed E-state index contributed by atoms with van der Waals surface area (Å²) in [7, 11) is 0. The second kappa shape index (κ2) is 4.07. The summed E-state index contributed by atoms with van der Waals surface area (Å²) in [6.07, 6.45) is 4.50. The zero-order valence-corrected chi connectivity index (χ0v) is 9.32. The third kappa shape index (κ3) is 2.02. The zero-order valence-electron chi connectivity index (χ0n) is 9.32. The zero-order chi connectivity index (χ0) is 11.8. The molecule has 1 amide bonds. The number of halogens is 1. The van der Waals surface area contributed by atoms with Crippen molar-refractivity contribution in [3.05, 3.63) is 24.3 Å². The Morgan fingerprint density at radius 1 is 1.47 bits per heavy atom. The second-order valence-corrected chi connectivity index (χ2v) is 4.75. The molecule has 2 aliphatic heterocycles. The number of hydrogen-bond acceptors (Lipinski definition) is 3. The Hall–Kier alpha value is -1.49. The molecule has 0 saturated carbocycles. The average molecular weight is 235 g/mol. The van der Waals surface area contributed by atoms with Gasteiger partial charge in [0.15, 0.2) is 0 Å². The van der Waals surface area contributed by atoms with Crippen molar-refractivity contribution in [1.29, 1.82) is 0 Å². The van der Waals surface area contributed by atoms with Gasteiger partial charge in [0.05, 0.1) is 17.8 Å². The lowest BCUT2D eigenvalue weighted by atomic mass is 9.88. The van der Waals surface area contributed by atoms with Gasteiger partial charge in [0.1, 0.15) is 0 Å². The van der Waals surface area contributed by atoms with Crippen LogP contribution in [0.25, 0.3) is 0 Å². The van der Waals surface area contributed by atoms with Gasteiger partial charge in [-0.05, 0) is 31.4 Å². The summed E-state index contributed by atoms with van der Waals surface area (Å²) in [6.45, 7) is 0. The van der Waals surface area contributed by atoms with E-state index in [1.165, 1.54) is 24.8 Å². The summed E-state index contributed by atoms with van der Waals surface area (Å²) in [5, 5.41) is 6.21. The van der Waals surface area contributed by atoms with Crippen molar-refractivity contribution >= 4 is 11.6 Å². The van der Waals surface area contributed by atoms with Gasteiger partial charge in [-0.15, -0.1) is 0 Å². The van der Waals surface area contributed by atoms with Crippen LogP contribution in [-0.4, -0.2) is 23.0 Å². The Balaban J connectivity index is 1.65. The molecule has 1 aromatic rings. The highest BCUT2D eigenvalue weighted by Gasteiger charge is 2.42. The quantitative estimate of drug-likeness (QED) is 0.760. The van der Waals surface area contributed by atoms with E-state index in [2.05, 4.69) is 15.6 Å². The van der Waals surface area contributed by atoms with Crippen molar-refractivity contribution < 1.29 is 9.18 Å². The lowest BCUT2D eigenvalue weighted by Gasteiger charge is -2.19. The van der Waals surface area contributed by atoms with Crippen LogP contribution >= 0.6 is 0 Å². The number of pyridine rings is 1. The molecular formula is C12H14FN3O. The smallest absolute Gasteiger partial charge is 0.229 e. The molecule has 0 aromatic carbocycles. The summed E-state index contributed by atoms with van der Waals surface area (Å²) in [6, 6.07) is 3.59. The second-order valence-electron chi connectivity index (χ2n) is 4.75. The maximum atomic E-state index is 12.6. The van der Waals surface area contributed by atoms with Crippen LogP contribution in [0.3, 0.4) is 0 Å². The fourth-order valence-corrected chi connectivity index (χ4v) is 2.80. The average Bonchev–Trinajstić information content (AvgIpc) is 2.94. The van der Waals surface area contributed by atoms with Crippen molar-refractivity contribution in [2.45, 2.75) is 31.3 Å². The Morgan fingerprint density at radius 2 is 2.35 bits per heavy atom. The minimum absolute atomic E-state index is 0.0121. The molecule has 0 radical (unpaired) electrons. The molecule has 2 aliphatic rings. The van der Waals surface area contributed by atoms with Gasteiger partial charge in [-0.2, -0.15) is 4.39 Å². The van der Waals surface area contributed by atoms with Crippen molar-refractivity contribution in [1.82, 2.24) is 10.3 Å². The van der Waals surface area contributed by atoms with E-state index in [1.807, 2.05) is 0 Å². The predicted molar refractivity (Wildman–Crippen MR) is 60.9 cm³/mol. The van der Waals surface area contributed by atoms with Crippen LogP contribution < -0.4 is 10.6 Å². The topological polar surface area (TPSA) is 54.0 Å². The molecule has 3 unspecified atom stereocenters. The standard InChI is InChI=1S/C12H14FN3O/c13-11-4-2-8(6-14-11)16-12(17)9-5-7-1-3-10(9)15-7/h2,4,6-7,9-10,15H,1,3,5H2,(H,16,17). The number of rotatable bonds is 2. The van der Waals surface area contributed by atoms with E-state index >= 15 is 0 Å². The molecule has 90 valence electrons. The highest BCUT2D eigenvalue weighted by Crippen LogP contribution is 2.33. The fourth-order valence-electron chi connectivity index (χ4n) is 2.80. The first kappa shape index (κ1) is 10.7. The highest BCUT2D eigenvalue weighted by molar-refractivity contribution is 5.93. The number of aromatic nitrogens is 1. The summed E-state index contributed by atoms with van der Waals surface area (Å²) < 4.78 is 12.6. The Morgan fingerprint density at radius 3 is 2.94 bits per heavy atom. The van der Waals surface area contributed by atoms with Gasteiger partial charge in [0.25, 0.3) is 0 Å². The van der Waals surface area contributed by atoms with Gasteiger partial charge < -0.3 is 10.6 Å². The van der Waals surface area contributed by atoms with Crippen LogP contribution in [0, 0.1) is 11.9 Å². The van der Waals surface area contributed by atoms with Crippen LogP contribution in [0.4, 0.5) is 10.1 Å². The lowest BCUT2D eigenvalue weighted by molar-refractivity contribution is -0.120. The number of nitrogens with one attached hydrogen (secondary N) is 2. The van der Waals surface area contributed by atoms with Gasteiger partial charge in [0.2, 0.25) is 11.9 Å². The fraction of sp³-hybridized carbons (Fsp3) is 0.500. The predicted octanol–water partition coefficient (Wildman–Crippen LogP) is 1.30. The molecule has 17 heavy (non-hydrogen) atoms. The third-order valence-corrected chi connectivity index (χ3v) is 3.63. The van der Waals surface area contributed by atoms with Gasteiger partial charge >= 0.3 is 0 Å². The molecule has 2 bridgehead atoms. The molecule has 0 aliphatic carbocycles. The van der Waals surface area contributed by atoms with Crippen molar-refractivity contribution in [2.75, 3.05) is 5.32 Å². The van der Waals surface area contributed by atoms with Gasteiger partial charge in [-0.1, -0.05) is 0 Å². The first-order valence-electron chi connectivity index (χ1n) is 5.91. The van der Waals surface area contributed by atoms with Gasteiger partial charge in [0, 0.05) is 12.1 Å².